The van der Waals surface area contributed by atoms with Gasteiger partial charge in [0.15, 0.2) is 6.61 Å². The maximum absolute atomic E-state index is 11.7. The highest BCUT2D eigenvalue weighted by Crippen LogP contribution is 2.15. The molecule has 7 heteroatoms. The summed E-state index contributed by atoms with van der Waals surface area (Å²) in [5.74, 6) is -0.605. The fourth-order valence-electron chi connectivity index (χ4n) is 1.54. The summed E-state index contributed by atoms with van der Waals surface area (Å²) < 4.78 is 5.00. The largest absolute Gasteiger partial charge is 0.482 e. The van der Waals surface area contributed by atoms with Crippen LogP contribution in [0.5, 0.6) is 5.75 Å². The third kappa shape index (κ3) is 5.15. The van der Waals surface area contributed by atoms with E-state index in [1.165, 1.54) is 0 Å². The van der Waals surface area contributed by atoms with E-state index in [1.54, 1.807) is 35.6 Å². The first-order valence-corrected chi connectivity index (χ1v) is 7.03. The highest BCUT2D eigenvalue weighted by molar-refractivity contribution is 7.09. The first-order chi connectivity index (χ1) is 10.1. The zero-order valence-electron chi connectivity index (χ0n) is 11.0. The van der Waals surface area contributed by atoms with Crippen molar-refractivity contribution in [2.24, 2.45) is 0 Å². The molecule has 0 unspecified atom stereocenters. The molecule has 6 nitrogen and oxygen atoms in total. The molecular formula is C14H14N2O4S. The van der Waals surface area contributed by atoms with Crippen LogP contribution in [0.25, 0.3) is 0 Å². The lowest BCUT2D eigenvalue weighted by molar-refractivity contribution is -0.139. The number of rotatable bonds is 6. The Morgan fingerprint density at radius 2 is 1.95 bits per heavy atom. The SMILES string of the molecule is O=C(O)COc1ccc(NC(=O)NCc2cccs2)cc1. The van der Waals surface area contributed by atoms with Gasteiger partial charge >= 0.3 is 12.0 Å². The smallest absolute Gasteiger partial charge is 0.341 e. The molecule has 0 aliphatic rings. The molecule has 0 spiro atoms. The van der Waals surface area contributed by atoms with E-state index >= 15 is 0 Å². The second kappa shape index (κ2) is 7.30. The molecule has 2 amide bonds. The number of carbonyl (C=O) groups excluding carboxylic acids is 1. The lowest BCUT2D eigenvalue weighted by Gasteiger charge is -2.08. The zero-order chi connectivity index (χ0) is 15.1. The summed E-state index contributed by atoms with van der Waals surface area (Å²) in [6.45, 7) is 0.0807. The van der Waals surface area contributed by atoms with Crippen molar-refractivity contribution in [1.29, 1.82) is 0 Å². The van der Waals surface area contributed by atoms with Gasteiger partial charge in [-0.1, -0.05) is 6.07 Å². The molecular weight excluding hydrogens is 292 g/mol. The average Bonchev–Trinajstić information content (AvgIpc) is 2.98. The van der Waals surface area contributed by atoms with E-state index in [-0.39, 0.29) is 6.03 Å². The van der Waals surface area contributed by atoms with Crippen molar-refractivity contribution >= 4 is 29.0 Å². The number of carbonyl (C=O) groups is 2. The Hall–Kier alpha value is -2.54. The first-order valence-electron chi connectivity index (χ1n) is 6.15. The van der Waals surface area contributed by atoms with Crippen molar-refractivity contribution in [3.05, 3.63) is 46.7 Å². The van der Waals surface area contributed by atoms with Crippen molar-refractivity contribution < 1.29 is 19.4 Å². The first kappa shape index (κ1) is 14.9. The molecule has 0 saturated carbocycles. The fraction of sp³-hybridized carbons (Fsp3) is 0.143. The summed E-state index contributed by atoms with van der Waals surface area (Å²) in [6.07, 6.45) is 0. The molecule has 0 bridgehead atoms. The van der Waals surface area contributed by atoms with Crippen LogP contribution in [-0.2, 0) is 11.3 Å². The Morgan fingerprint density at radius 1 is 1.19 bits per heavy atom. The lowest BCUT2D eigenvalue weighted by atomic mass is 10.3. The number of benzene rings is 1. The van der Waals surface area contributed by atoms with E-state index in [0.29, 0.717) is 18.0 Å². The highest BCUT2D eigenvalue weighted by Gasteiger charge is 2.03. The molecule has 21 heavy (non-hydrogen) atoms. The number of ether oxygens (including phenoxy) is 1. The molecule has 1 aromatic carbocycles. The third-order valence-electron chi connectivity index (χ3n) is 2.48. The van der Waals surface area contributed by atoms with E-state index in [0.717, 1.165) is 4.88 Å². The van der Waals surface area contributed by atoms with E-state index < -0.39 is 12.6 Å². The molecule has 0 saturated heterocycles. The summed E-state index contributed by atoms with van der Waals surface area (Å²) in [7, 11) is 0. The number of carboxylic acid groups (broad SMARTS) is 1. The van der Waals surface area contributed by atoms with Gasteiger partial charge in [0.25, 0.3) is 0 Å². The Morgan fingerprint density at radius 3 is 2.57 bits per heavy atom. The van der Waals surface area contributed by atoms with Crippen molar-refractivity contribution in [1.82, 2.24) is 5.32 Å². The van der Waals surface area contributed by atoms with Crippen LogP contribution in [0.15, 0.2) is 41.8 Å². The van der Waals surface area contributed by atoms with Gasteiger partial charge < -0.3 is 20.5 Å². The topological polar surface area (TPSA) is 87.7 Å². The number of carboxylic acids is 1. The number of aliphatic carboxylic acids is 1. The number of hydrogen-bond donors (Lipinski definition) is 3. The van der Waals surface area contributed by atoms with Crippen LogP contribution in [0.3, 0.4) is 0 Å². The van der Waals surface area contributed by atoms with E-state index in [2.05, 4.69) is 10.6 Å². The van der Waals surface area contributed by atoms with Crippen LogP contribution in [0.4, 0.5) is 10.5 Å². The molecule has 0 aliphatic heterocycles. The van der Waals surface area contributed by atoms with Crippen molar-refractivity contribution in [2.75, 3.05) is 11.9 Å². The number of nitrogens with one attached hydrogen (secondary N) is 2. The summed E-state index contributed by atoms with van der Waals surface area (Å²) in [6, 6.07) is 10.0. The van der Waals surface area contributed by atoms with Gasteiger partial charge in [-0.3, -0.25) is 0 Å². The van der Waals surface area contributed by atoms with Crippen LogP contribution in [0.2, 0.25) is 0 Å². The number of urea groups is 1. The van der Waals surface area contributed by atoms with Gasteiger partial charge in [-0.2, -0.15) is 0 Å². The number of anilines is 1. The van der Waals surface area contributed by atoms with Gasteiger partial charge in [-0.05, 0) is 35.7 Å². The number of amides is 2. The quantitative estimate of drug-likeness (QED) is 0.765. The minimum Gasteiger partial charge on any atom is -0.482 e. The Bertz CT molecular complexity index is 596. The van der Waals surface area contributed by atoms with E-state index in [9.17, 15) is 9.59 Å². The number of thiophene rings is 1. The predicted molar refractivity (Wildman–Crippen MR) is 79.8 cm³/mol. The standard InChI is InChI=1S/C14H14N2O4S/c17-13(18)9-20-11-5-3-10(4-6-11)16-14(19)15-8-12-2-1-7-21-12/h1-7H,8-9H2,(H,17,18)(H2,15,16,19). The normalized spacial score (nSPS) is 9.90. The van der Waals surface area contributed by atoms with Crippen LogP contribution < -0.4 is 15.4 Å². The summed E-state index contributed by atoms with van der Waals surface area (Å²) >= 11 is 1.57. The van der Waals surface area contributed by atoms with Crippen LogP contribution in [-0.4, -0.2) is 23.7 Å². The lowest BCUT2D eigenvalue weighted by Crippen LogP contribution is -2.27. The van der Waals surface area contributed by atoms with Crippen molar-refractivity contribution in [3.63, 3.8) is 0 Å². The predicted octanol–water partition coefficient (Wildman–Crippen LogP) is 2.53. The summed E-state index contributed by atoms with van der Waals surface area (Å²) in [5.41, 5.74) is 0.598. The van der Waals surface area contributed by atoms with E-state index in [1.807, 2.05) is 17.5 Å². The molecule has 110 valence electrons. The summed E-state index contributed by atoms with van der Waals surface area (Å²) in [5, 5.41) is 15.9. The molecule has 0 atom stereocenters. The molecule has 1 heterocycles. The summed E-state index contributed by atoms with van der Waals surface area (Å²) in [4.78, 5) is 23.1. The number of hydrogen-bond acceptors (Lipinski definition) is 4. The maximum atomic E-state index is 11.7. The minimum atomic E-state index is -1.04. The highest BCUT2D eigenvalue weighted by atomic mass is 32.1. The fourth-order valence-corrected chi connectivity index (χ4v) is 2.18. The van der Waals surface area contributed by atoms with Crippen LogP contribution in [0.1, 0.15) is 4.88 Å². The maximum Gasteiger partial charge on any atom is 0.341 e. The van der Waals surface area contributed by atoms with Crippen molar-refractivity contribution in [2.45, 2.75) is 6.54 Å². The van der Waals surface area contributed by atoms with E-state index in [4.69, 9.17) is 9.84 Å². The Labute approximate surface area is 125 Å². The molecule has 0 radical (unpaired) electrons. The molecule has 0 fully saturated rings. The third-order valence-corrected chi connectivity index (χ3v) is 3.35. The second-order valence-electron chi connectivity index (χ2n) is 4.09. The average molecular weight is 306 g/mol. The monoisotopic (exact) mass is 306 g/mol. The second-order valence-corrected chi connectivity index (χ2v) is 5.13. The molecule has 3 N–H and O–H groups in total. The minimum absolute atomic E-state index is 0.303. The molecule has 2 rings (SSSR count). The molecule has 1 aromatic heterocycles. The van der Waals surface area contributed by atoms with Gasteiger partial charge in [0.2, 0.25) is 0 Å². The Balaban J connectivity index is 1.79. The van der Waals surface area contributed by atoms with Gasteiger partial charge in [-0.15, -0.1) is 11.3 Å². The molecule has 0 aliphatic carbocycles. The van der Waals surface area contributed by atoms with Crippen LogP contribution in [0, 0.1) is 0 Å². The van der Waals surface area contributed by atoms with Gasteiger partial charge in [0.1, 0.15) is 5.75 Å². The van der Waals surface area contributed by atoms with Gasteiger partial charge in [-0.25, -0.2) is 9.59 Å². The van der Waals surface area contributed by atoms with Gasteiger partial charge in [0, 0.05) is 10.6 Å². The van der Waals surface area contributed by atoms with Crippen LogP contribution >= 0.6 is 11.3 Å². The molecule has 2 aromatic rings. The Kier molecular flexibility index (Phi) is 5.16. The van der Waals surface area contributed by atoms with Crippen molar-refractivity contribution in [3.8, 4) is 5.75 Å². The van der Waals surface area contributed by atoms with Gasteiger partial charge in [0.05, 0.1) is 6.54 Å². The zero-order valence-corrected chi connectivity index (χ0v) is 11.9.